The Labute approximate surface area is 180 Å². The van der Waals surface area contributed by atoms with Crippen molar-refractivity contribution >= 4 is 11.6 Å². The van der Waals surface area contributed by atoms with Crippen LogP contribution in [0.5, 0.6) is 11.5 Å². The van der Waals surface area contributed by atoms with Crippen LogP contribution in [0, 0.1) is 0 Å². The number of benzene rings is 2. The van der Waals surface area contributed by atoms with Crippen molar-refractivity contribution in [2.24, 2.45) is 0 Å². The summed E-state index contributed by atoms with van der Waals surface area (Å²) in [6.45, 7) is 6.59. The fourth-order valence-corrected chi connectivity index (χ4v) is 4.43. The van der Waals surface area contributed by atoms with Crippen molar-refractivity contribution < 1.29 is 26.4 Å². The van der Waals surface area contributed by atoms with Gasteiger partial charge >= 0.3 is 0 Å². The maximum absolute atomic E-state index is 6.51. The van der Waals surface area contributed by atoms with Gasteiger partial charge in [-0.05, 0) is 36.6 Å². The number of nitrogens with zero attached hydrogens (tertiary/aromatic N) is 1. The summed E-state index contributed by atoms with van der Waals surface area (Å²) in [7, 11) is 3.41. The molecule has 0 N–H and O–H groups in total. The lowest BCUT2D eigenvalue weighted by Gasteiger charge is -2.43. The van der Waals surface area contributed by atoms with E-state index in [1.54, 1.807) is 14.2 Å². The Morgan fingerprint density at radius 3 is 2.32 bits per heavy atom. The lowest BCUT2D eigenvalue weighted by molar-refractivity contribution is -0.955. The summed E-state index contributed by atoms with van der Waals surface area (Å²) >= 11 is 6.51. The monoisotopic (exact) mass is 423 g/mol. The average Bonchev–Trinajstić information content (AvgIpc) is 2.69. The van der Waals surface area contributed by atoms with E-state index in [1.165, 1.54) is 42.5 Å². The van der Waals surface area contributed by atoms with Gasteiger partial charge in [-0.25, -0.2) is 0 Å². The van der Waals surface area contributed by atoms with Crippen LogP contribution in [0.1, 0.15) is 42.9 Å². The molecule has 3 rings (SSSR count). The first kappa shape index (κ1) is 22.9. The molecule has 2 aromatic carbocycles. The number of unbranched alkanes of at least 4 members (excludes halogenated alkanes) is 2. The molecule has 0 saturated heterocycles. The van der Waals surface area contributed by atoms with E-state index in [-0.39, 0.29) is 12.4 Å². The van der Waals surface area contributed by atoms with E-state index in [2.05, 4.69) is 31.2 Å². The first-order chi connectivity index (χ1) is 13.1. The van der Waals surface area contributed by atoms with Gasteiger partial charge in [0.25, 0.3) is 0 Å². The maximum atomic E-state index is 6.51. The van der Waals surface area contributed by atoms with Gasteiger partial charge in [-0.2, -0.15) is 0 Å². The smallest absolute Gasteiger partial charge is 0.161 e. The molecular formula is C23H31Cl2NO2. The fourth-order valence-electron chi connectivity index (χ4n) is 4.23. The minimum atomic E-state index is 0. The summed E-state index contributed by atoms with van der Waals surface area (Å²) in [6, 6.07) is 12.6. The Kier molecular flexibility index (Phi) is 8.48. The third kappa shape index (κ3) is 5.14. The van der Waals surface area contributed by atoms with Crippen molar-refractivity contribution in [1.82, 2.24) is 0 Å². The largest absolute Gasteiger partial charge is 1.00 e. The minimum absolute atomic E-state index is 0. The zero-order valence-corrected chi connectivity index (χ0v) is 18.7. The Bertz CT molecular complexity index is 781. The summed E-state index contributed by atoms with van der Waals surface area (Å²) in [5.41, 5.74) is 4.01. The van der Waals surface area contributed by atoms with Crippen LogP contribution in [-0.4, -0.2) is 31.8 Å². The van der Waals surface area contributed by atoms with E-state index in [0.717, 1.165) is 47.1 Å². The molecule has 5 heteroatoms. The molecule has 1 heterocycles. The van der Waals surface area contributed by atoms with Crippen LogP contribution in [0.2, 0.25) is 5.02 Å². The van der Waals surface area contributed by atoms with Crippen LogP contribution in [0.3, 0.4) is 0 Å². The van der Waals surface area contributed by atoms with Gasteiger partial charge in [0, 0.05) is 22.6 Å². The van der Waals surface area contributed by atoms with Crippen LogP contribution < -0.4 is 21.9 Å². The van der Waals surface area contributed by atoms with Crippen LogP contribution in [0.25, 0.3) is 0 Å². The SMILES string of the molecule is CCCCC[N+]1(Cc2ccccc2Cl)CCc2cc(OC)c(OC)cc2C1.[Cl-]. The predicted molar refractivity (Wildman–Crippen MR) is 112 cm³/mol. The Morgan fingerprint density at radius 1 is 1.00 bits per heavy atom. The Hall–Kier alpha value is -1.42. The molecule has 1 aliphatic heterocycles. The third-order valence-corrected chi connectivity index (χ3v) is 6.14. The standard InChI is InChI=1S/C23H31ClNO2.ClH/c1-4-5-8-12-25(16-19-9-6-7-10-21(19)24)13-11-18-14-22(26-2)23(27-3)15-20(18)17-25;/h6-7,9-10,14-15H,4-5,8,11-13,16-17H2,1-3H3;1H/q+1;/p-1. The van der Waals surface area contributed by atoms with Crippen molar-refractivity contribution in [3.05, 3.63) is 58.1 Å². The Morgan fingerprint density at radius 2 is 1.68 bits per heavy atom. The van der Waals surface area contributed by atoms with Crippen LogP contribution in [0.4, 0.5) is 0 Å². The average molecular weight is 424 g/mol. The lowest BCUT2D eigenvalue weighted by Crippen LogP contribution is -3.00. The van der Waals surface area contributed by atoms with Gasteiger partial charge in [0.1, 0.15) is 13.1 Å². The lowest BCUT2D eigenvalue weighted by atomic mass is 9.95. The third-order valence-electron chi connectivity index (χ3n) is 5.77. The van der Waals surface area contributed by atoms with E-state index in [4.69, 9.17) is 21.1 Å². The number of quaternary nitrogens is 1. The molecular weight excluding hydrogens is 393 g/mol. The molecule has 1 aliphatic rings. The van der Waals surface area contributed by atoms with E-state index in [9.17, 15) is 0 Å². The first-order valence-electron chi connectivity index (χ1n) is 9.93. The number of halogens is 2. The molecule has 0 aromatic heterocycles. The highest BCUT2D eigenvalue weighted by Crippen LogP contribution is 2.37. The van der Waals surface area contributed by atoms with Gasteiger partial charge in [0.05, 0.1) is 27.3 Å². The van der Waals surface area contributed by atoms with Gasteiger partial charge in [0.15, 0.2) is 11.5 Å². The molecule has 1 atom stereocenters. The molecule has 0 amide bonds. The molecule has 28 heavy (non-hydrogen) atoms. The van der Waals surface area contributed by atoms with E-state index < -0.39 is 0 Å². The van der Waals surface area contributed by atoms with Crippen molar-refractivity contribution in [1.29, 1.82) is 0 Å². The molecule has 1 unspecified atom stereocenters. The number of fused-ring (bicyclic) bond motifs is 1. The van der Waals surface area contributed by atoms with Gasteiger partial charge in [-0.1, -0.05) is 43.1 Å². The minimum Gasteiger partial charge on any atom is -1.00 e. The fraction of sp³-hybridized carbons (Fsp3) is 0.478. The molecule has 0 bridgehead atoms. The van der Waals surface area contributed by atoms with Crippen LogP contribution in [0.15, 0.2) is 36.4 Å². The van der Waals surface area contributed by atoms with Gasteiger partial charge < -0.3 is 26.4 Å². The van der Waals surface area contributed by atoms with E-state index >= 15 is 0 Å². The second-order valence-electron chi connectivity index (χ2n) is 7.63. The summed E-state index contributed by atoms with van der Waals surface area (Å²) in [4.78, 5) is 0. The highest BCUT2D eigenvalue weighted by molar-refractivity contribution is 6.31. The van der Waals surface area contributed by atoms with Crippen molar-refractivity contribution in [3.63, 3.8) is 0 Å². The Balaban J connectivity index is 0.00000280. The van der Waals surface area contributed by atoms with E-state index in [1.807, 2.05) is 12.1 Å². The summed E-state index contributed by atoms with van der Waals surface area (Å²) in [5.74, 6) is 1.65. The number of hydrogen-bond donors (Lipinski definition) is 0. The molecule has 0 fully saturated rings. The predicted octanol–water partition coefficient (Wildman–Crippen LogP) is 2.62. The summed E-state index contributed by atoms with van der Waals surface area (Å²) < 4.78 is 12.1. The normalized spacial score (nSPS) is 18.1. The first-order valence-corrected chi connectivity index (χ1v) is 10.3. The second-order valence-corrected chi connectivity index (χ2v) is 8.04. The molecule has 154 valence electrons. The second kappa shape index (κ2) is 10.4. The van der Waals surface area contributed by atoms with Gasteiger partial charge in [-0.3, -0.25) is 0 Å². The summed E-state index contributed by atoms with van der Waals surface area (Å²) in [6.07, 6.45) is 4.84. The molecule has 0 aliphatic carbocycles. The quantitative estimate of drug-likeness (QED) is 0.479. The van der Waals surface area contributed by atoms with Crippen molar-refractivity contribution in [2.75, 3.05) is 27.3 Å². The molecule has 0 saturated carbocycles. The van der Waals surface area contributed by atoms with Crippen molar-refractivity contribution in [3.8, 4) is 11.5 Å². The van der Waals surface area contributed by atoms with E-state index in [0.29, 0.717) is 0 Å². The highest BCUT2D eigenvalue weighted by Gasteiger charge is 2.34. The number of methoxy groups -OCH3 is 2. The topological polar surface area (TPSA) is 18.5 Å². The van der Waals surface area contributed by atoms with Gasteiger partial charge in [0.2, 0.25) is 0 Å². The maximum Gasteiger partial charge on any atom is 0.161 e. The molecule has 3 nitrogen and oxygen atoms in total. The molecule has 0 radical (unpaired) electrons. The van der Waals surface area contributed by atoms with Crippen LogP contribution in [-0.2, 0) is 19.5 Å². The summed E-state index contributed by atoms with van der Waals surface area (Å²) in [5, 5.41) is 0.878. The molecule has 0 spiro atoms. The van der Waals surface area contributed by atoms with Crippen LogP contribution >= 0.6 is 11.6 Å². The number of hydrogen-bond acceptors (Lipinski definition) is 2. The zero-order chi connectivity index (χ0) is 19.3. The number of rotatable bonds is 8. The highest BCUT2D eigenvalue weighted by atomic mass is 35.5. The zero-order valence-electron chi connectivity index (χ0n) is 17.1. The van der Waals surface area contributed by atoms with Gasteiger partial charge in [-0.15, -0.1) is 0 Å². The molecule has 2 aromatic rings. The number of ether oxygens (including phenoxy) is 2. The van der Waals surface area contributed by atoms with Crippen molar-refractivity contribution in [2.45, 2.75) is 45.7 Å².